The maximum absolute atomic E-state index is 14.8. The Morgan fingerprint density at radius 3 is 1.67 bits per heavy atom. The highest BCUT2D eigenvalue weighted by Crippen LogP contribution is 2.54. The zero-order chi connectivity index (χ0) is 22.3. The van der Waals surface area contributed by atoms with Gasteiger partial charge in [0.15, 0.2) is 28.9 Å². The predicted octanol–water partition coefficient (Wildman–Crippen LogP) is 4.92. The average Bonchev–Trinajstić information content (AvgIpc) is 2.70. The van der Waals surface area contributed by atoms with Crippen LogP contribution in [-0.2, 0) is 14.7 Å². The van der Waals surface area contributed by atoms with Gasteiger partial charge in [-0.15, -0.1) is 0 Å². The lowest BCUT2D eigenvalue weighted by atomic mass is 9.79. The van der Waals surface area contributed by atoms with E-state index >= 15 is 0 Å². The van der Waals surface area contributed by atoms with Crippen molar-refractivity contribution in [3.63, 3.8) is 0 Å². The molecule has 3 rings (SSSR count). The first-order valence-corrected chi connectivity index (χ1v) is 9.62. The van der Waals surface area contributed by atoms with Crippen LogP contribution in [0.1, 0.15) is 16.7 Å². The molecular formula is C19H11F6O4P. The summed E-state index contributed by atoms with van der Waals surface area (Å²) in [4.78, 5) is 18.9. The van der Waals surface area contributed by atoms with Gasteiger partial charge in [0.25, 0.3) is 0 Å². The second-order valence-electron chi connectivity index (χ2n) is 6.05. The first kappa shape index (κ1) is 22.0. The Labute approximate surface area is 165 Å². The molecule has 2 N–H and O–H groups in total. The molecule has 1 unspecified atom stereocenters. The van der Waals surface area contributed by atoms with E-state index in [0.29, 0.717) is 0 Å². The van der Waals surface area contributed by atoms with E-state index in [9.17, 15) is 40.7 Å². The topological polar surface area (TPSA) is 66.8 Å². The molecular weight excluding hydrogens is 437 g/mol. The van der Waals surface area contributed by atoms with Crippen LogP contribution in [0.4, 0.5) is 26.3 Å². The molecule has 0 bridgehead atoms. The molecule has 3 aromatic carbocycles. The molecule has 4 nitrogen and oxygen atoms in total. The van der Waals surface area contributed by atoms with Crippen molar-refractivity contribution in [1.29, 1.82) is 0 Å². The summed E-state index contributed by atoms with van der Waals surface area (Å²) in [5.74, 6) is -13.4. The molecule has 0 fully saturated rings. The second kappa shape index (κ2) is 7.88. The van der Waals surface area contributed by atoms with Crippen LogP contribution in [0.3, 0.4) is 0 Å². The molecule has 0 spiro atoms. The number of rotatable bonds is 5. The van der Waals surface area contributed by atoms with Crippen molar-refractivity contribution in [3.8, 4) is 0 Å². The second-order valence-corrected chi connectivity index (χ2v) is 7.22. The van der Waals surface area contributed by atoms with Gasteiger partial charge in [0.2, 0.25) is 5.82 Å². The van der Waals surface area contributed by atoms with Crippen molar-refractivity contribution >= 4 is 7.82 Å². The van der Waals surface area contributed by atoms with E-state index in [0.717, 1.165) is 36.4 Å². The maximum atomic E-state index is 14.8. The lowest BCUT2D eigenvalue weighted by Gasteiger charge is -2.36. The van der Waals surface area contributed by atoms with E-state index in [2.05, 4.69) is 4.52 Å². The zero-order valence-electron chi connectivity index (χ0n) is 14.6. The molecule has 11 heteroatoms. The van der Waals surface area contributed by atoms with Crippen LogP contribution in [0.2, 0.25) is 0 Å². The van der Waals surface area contributed by atoms with Gasteiger partial charge in [-0.3, -0.25) is 4.52 Å². The monoisotopic (exact) mass is 448 g/mol. The van der Waals surface area contributed by atoms with E-state index in [4.69, 9.17) is 0 Å². The molecule has 0 aliphatic carbocycles. The first-order valence-electron chi connectivity index (χ1n) is 8.09. The van der Waals surface area contributed by atoms with Crippen LogP contribution in [0.15, 0.2) is 54.6 Å². The molecule has 30 heavy (non-hydrogen) atoms. The molecule has 3 aromatic rings. The molecule has 0 heterocycles. The number of hydrogen-bond acceptors (Lipinski definition) is 2. The largest absolute Gasteiger partial charge is 0.471 e. The van der Waals surface area contributed by atoms with E-state index in [1.54, 1.807) is 0 Å². The molecule has 0 aromatic heterocycles. The zero-order valence-corrected chi connectivity index (χ0v) is 15.5. The van der Waals surface area contributed by atoms with Gasteiger partial charge >= 0.3 is 7.82 Å². The van der Waals surface area contributed by atoms with E-state index in [1.807, 2.05) is 0 Å². The minimum Gasteiger partial charge on any atom is -0.303 e. The molecule has 0 aliphatic heterocycles. The summed E-state index contributed by atoms with van der Waals surface area (Å²) in [6.07, 6.45) is 0. The van der Waals surface area contributed by atoms with Crippen LogP contribution in [-0.4, -0.2) is 9.79 Å². The maximum Gasteiger partial charge on any atom is 0.471 e. The summed E-state index contributed by atoms with van der Waals surface area (Å²) in [5.41, 5.74) is -6.39. The van der Waals surface area contributed by atoms with Crippen LogP contribution in [0.5, 0.6) is 0 Å². The van der Waals surface area contributed by atoms with Crippen LogP contribution < -0.4 is 0 Å². The molecule has 0 saturated carbocycles. The third-order valence-corrected chi connectivity index (χ3v) is 4.76. The van der Waals surface area contributed by atoms with Gasteiger partial charge in [-0.05, 0) is 11.6 Å². The predicted molar refractivity (Wildman–Crippen MR) is 92.1 cm³/mol. The quantitative estimate of drug-likeness (QED) is 0.191. The Kier molecular flexibility index (Phi) is 5.79. The van der Waals surface area contributed by atoms with Crippen molar-refractivity contribution in [2.45, 2.75) is 5.60 Å². The fraction of sp³-hybridized carbons (Fsp3) is 0.0526. The first-order chi connectivity index (χ1) is 14.0. The molecule has 0 radical (unpaired) electrons. The number of benzene rings is 3. The van der Waals surface area contributed by atoms with Gasteiger partial charge in [0.05, 0.1) is 5.56 Å². The number of phosphoric acid groups is 1. The van der Waals surface area contributed by atoms with Crippen molar-refractivity contribution < 1.29 is 45.2 Å². The molecule has 158 valence electrons. The molecule has 0 aliphatic rings. The van der Waals surface area contributed by atoms with Gasteiger partial charge in [0.1, 0.15) is 5.82 Å². The summed E-state index contributed by atoms with van der Waals surface area (Å²) < 4.78 is 102. The van der Waals surface area contributed by atoms with Gasteiger partial charge in [-0.1, -0.05) is 48.5 Å². The molecule has 0 amide bonds. The standard InChI is InChI=1S/C19H11F6O4P/c20-12-9-5-4-8-11(12)19(29-30(26,27)28,10-6-2-1-3-7-10)13-14(21)16(23)18(25)17(24)15(13)22/h1-9H,(H2,26,27,28). The van der Waals surface area contributed by atoms with Crippen LogP contribution in [0.25, 0.3) is 0 Å². The smallest absolute Gasteiger partial charge is 0.303 e. The number of phosphoric ester groups is 1. The molecule has 0 saturated heterocycles. The Morgan fingerprint density at radius 2 is 1.17 bits per heavy atom. The molecule has 1 atom stereocenters. The van der Waals surface area contributed by atoms with Crippen LogP contribution >= 0.6 is 7.82 Å². The minimum atomic E-state index is -5.72. The lowest BCUT2D eigenvalue weighted by Crippen LogP contribution is -2.36. The van der Waals surface area contributed by atoms with Gasteiger partial charge < -0.3 is 9.79 Å². The van der Waals surface area contributed by atoms with E-state index in [-0.39, 0.29) is 0 Å². The highest BCUT2D eigenvalue weighted by atomic mass is 31.2. The van der Waals surface area contributed by atoms with Gasteiger partial charge in [-0.2, -0.15) is 0 Å². The summed E-state index contributed by atoms with van der Waals surface area (Å²) in [6, 6.07) is 9.81. The highest BCUT2D eigenvalue weighted by molar-refractivity contribution is 7.46. The SMILES string of the molecule is O=P(O)(O)OC(c1ccccc1)(c1ccccc1F)c1c(F)c(F)c(F)c(F)c1F. The highest BCUT2D eigenvalue weighted by Gasteiger charge is 2.50. The number of hydrogen-bond donors (Lipinski definition) is 2. The Morgan fingerprint density at radius 1 is 0.700 bits per heavy atom. The summed E-state index contributed by atoms with van der Waals surface area (Å²) in [5, 5.41) is 0. The Bertz CT molecular complexity index is 1120. The number of halogens is 6. The van der Waals surface area contributed by atoms with Crippen LogP contribution in [0, 0.1) is 34.9 Å². The summed E-state index contributed by atoms with van der Waals surface area (Å²) in [7, 11) is -5.72. The third kappa shape index (κ3) is 3.63. The minimum absolute atomic E-state index is 0.498. The normalized spacial score (nSPS) is 13.9. The van der Waals surface area contributed by atoms with Crippen molar-refractivity contribution in [2.24, 2.45) is 0 Å². The van der Waals surface area contributed by atoms with E-state index in [1.165, 1.54) is 18.2 Å². The van der Waals surface area contributed by atoms with Crippen molar-refractivity contribution in [2.75, 3.05) is 0 Å². The Hall–Kier alpha value is -2.65. The summed E-state index contributed by atoms with van der Waals surface area (Å²) in [6.45, 7) is 0. The van der Waals surface area contributed by atoms with Gasteiger partial charge in [-0.25, -0.2) is 30.9 Å². The van der Waals surface area contributed by atoms with Gasteiger partial charge in [0, 0.05) is 5.56 Å². The lowest BCUT2D eigenvalue weighted by molar-refractivity contribution is 0.0865. The average molecular weight is 448 g/mol. The fourth-order valence-electron chi connectivity index (χ4n) is 3.09. The Balaban J connectivity index is 2.61. The van der Waals surface area contributed by atoms with E-state index < -0.39 is 65.0 Å². The third-order valence-electron chi connectivity index (χ3n) is 4.25. The van der Waals surface area contributed by atoms with Crippen molar-refractivity contribution in [1.82, 2.24) is 0 Å². The summed E-state index contributed by atoms with van der Waals surface area (Å²) >= 11 is 0. The van der Waals surface area contributed by atoms with Crippen molar-refractivity contribution in [3.05, 3.63) is 106 Å². The fourth-order valence-corrected chi connectivity index (χ4v) is 3.75.